The molecule has 0 atom stereocenters. The van der Waals surface area contributed by atoms with Crippen LogP contribution in [0.2, 0.25) is 0 Å². The zero-order chi connectivity index (χ0) is 39.1. The van der Waals surface area contributed by atoms with E-state index in [2.05, 4.69) is 12.6 Å². The van der Waals surface area contributed by atoms with Crippen LogP contribution in [0.15, 0.2) is 91.0 Å². The molecule has 1 aliphatic heterocycles. The molecule has 6 rings (SSSR count). The van der Waals surface area contributed by atoms with Crippen LogP contribution >= 0.6 is 0 Å². The molecule has 1 aliphatic rings. The summed E-state index contributed by atoms with van der Waals surface area (Å²) < 4.78 is 5.92. The number of rotatable bonds is 7. The minimum Gasteiger partial charge on any atom is -0.508 e. The van der Waals surface area contributed by atoms with Gasteiger partial charge in [-0.05, 0) is 41.1 Å². The van der Waals surface area contributed by atoms with Crippen molar-refractivity contribution in [2.24, 2.45) is 0 Å². The Kier molecular flexibility index (Phi) is 13.3. The van der Waals surface area contributed by atoms with E-state index < -0.39 is 59.1 Å². The van der Waals surface area contributed by atoms with Gasteiger partial charge in [0.25, 0.3) is 11.4 Å². The number of fused-ring (bicyclic) bond motifs is 2. The third kappa shape index (κ3) is 9.37. The normalized spacial score (nSPS) is 10.6. The summed E-state index contributed by atoms with van der Waals surface area (Å²) in [6.45, 7) is 3.91. The maximum atomic E-state index is 11.7. The first-order chi connectivity index (χ1) is 25.0. The Morgan fingerprint density at radius 3 is 1.83 bits per heavy atom. The number of hydrogen-bond donors (Lipinski definition) is 3. The molecule has 0 amide bonds. The average molecular weight is 815 g/mol. The van der Waals surface area contributed by atoms with Crippen LogP contribution in [0.25, 0.3) is 12.2 Å². The molecule has 271 valence electrons. The number of nitro benzene ring substituents is 5. The van der Waals surface area contributed by atoms with Crippen molar-refractivity contribution in [3.63, 3.8) is 0 Å². The number of phenolic OH excluding ortho intramolecular Hbond substituents is 2. The predicted molar refractivity (Wildman–Crippen MR) is 181 cm³/mol. The summed E-state index contributed by atoms with van der Waals surface area (Å²) in [6, 6.07) is 23.5. The molecular weight excluding hydrogens is 795 g/mol. The number of nitrogens with zero attached hydrogens (tertiary/aromatic N) is 5. The molecule has 0 aromatic heterocycles. The minimum absolute atomic E-state index is 0. The Morgan fingerprint density at radius 2 is 1.28 bits per heavy atom. The van der Waals surface area contributed by atoms with Gasteiger partial charge in [0.1, 0.15) is 17.2 Å². The summed E-state index contributed by atoms with van der Waals surface area (Å²) in [5.74, 6) is -1.06. The van der Waals surface area contributed by atoms with Crippen LogP contribution in [0.1, 0.15) is 21.5 Å². The van der Waals surface area contributed by atoms with Crippen LogP contribution in [-0.2, 0) is 32.7 Å². The molecule has 20 nitrogen and oxygen atoms in total. The summed E-state index contributed by atoms with van der Waals surface area (Å²) in [7, 11) is 0. The van der Waals surface area contributed by atoms with Crippen molar-refractivity contribution < 1.29 is 82.2 Å². The summed E-state index contributed by atoms with van der Waals surface area (Å²) in [5.41, 5.74) is -1.40. The Balaban J connectivity index is 0.000000234. The maximum Gasteiger partial charge on any atom is 0.336 e. The Hall–Kier alpha value is -7.19. The molecule has 0 aliphatic carbocycles. The number of carboxylic acid groups (broad SMARTS) is 1. The van der Waals surface area contributed by atoms with Crippen molar-refractivity contribution in [1.29, 1.82) is 0 Å². The molecule has 1 heterocycles. The fourth-order valence-corrected chi connectivity index (χ4v) is 4.74. The second kappa shape index (κ2) is 17.4. The quantitative estimate of drug-likeness (QED) is 0.105. The van der Waals surface area contributed by atoms with Gasteiger partial charge in [-0.15, -0.1) is 6.07 Å². The van der Waals surface area contributed by atoms with Crippen LogP contribution in [0.5, 0.6) is 23.0 Å². The number of carboxylic acids is 1. The molecule has 0 fully saturated rings. The van der Waals surface area contributed by atoms with E-state index >= 15 is 0 Å². The van der Waals surface area contributed by atoms with Gasteiger partial charge in [-0.25, -0.2) is 4.79 Å². The zero-order valence-electron chi connectivity index (χ0n) is 26.9. The fraction of sp³-hybridized carbons (Fsp3) is 0. The fourth-order valence-electron chi connectivity index (χ4n) is 4.74. The third-order valence-electron chi connectivity index (χ3n) is 7.03. The first-order valence-corrected chi connectivity index (χ1v) is 14.3. The average Bonchev–Trinajstić information content (AvgIpc) is 3.10. The number of phenols is 2. The third-order valence-corrected chi connectivity index (χ3v) is 7.03. The standard InChI is InChI=1S/C21H14O4.C6H3N3O7.C6H3N2O4.Y/c1-12-6-8-16-18(10-12)25-19-11-13(22)7-9-17(19)20(16)14-4-2-3-5-15(14)21(23)24;10-6-4(8(13)14)1-3(7(11)12)2-5(6)9(15)16;9-7(10)5-2-1-3-6(4-5)8(11)12;/h2-11,22H,1H2,(H,23,24);1-2,10H;1-2,4H;/q;;-1;. The van der Waals surface area contributed by atoms with E-state index in [0.29, 0.717) is 29.2 Å². The molecule has 1 radical (unpaired) electrons. The Bertz CT molecular complexity index is 2410. The number of benzene rings is 5. The summed E-state index contributed by atoms with van der Waals surface area (Å²) in [6.07, 6.45) is 0. The Morgan fingerprint density at radius 1 is 0.667 bits per heavy atom. The predicted octanol–water partition coefficient (Wildman–Crippen LogP) is 5.27. The van der Waals surface area contributed by atoms with E-state index in [1.165, 1.54) is 6.07 Å². The summed E-state index contributed by atoms with van der Waals surface area (Å²) in [5, 5.41) is 81.4. The molecule has 54 heavy (non-hydrogen) atoms. The number of non-ortho nitro benzene ring substituents is 3. The van der Waals surface area contributed by atoms with Gasteiger partial charge in [0.15, 0.2) is 11.4 Å². The number of aromatic hydroxyl groups is 2. The van der Waals surface area contributed by atoms with Gasteiger partial charge in [-0.2, -0.15) is 6.07 Å². The second-order valence-corrected chi connectivity index (χ2v) is 10.4. The van der Waals surface area contributed by atoms with E-state index in [0.717, 1.165) is 39.8 Å². The van der Waals surface area contributed by atoms with E-state index in [1.807, 2.05) is 12.1 Å². The van der Waals surface area contributed by atoms with Crippen molar-refractivity contribution in [2.75, 3.05) is 0 Å². The maximum absolute atomic E-state index is 11.7. The van der Waals surface area contributed by atoms with Gasteiger partial charge in [0, 0.05) is 65.0 Å². The summed E-state index contributed by atoms with van der Waals surface area (Å²) in [4.78, 5) is 58.3. The number of nitro groups is 5. The minimum atomic E-state index is -1.21. The first kappa shape index (κ1) is 41.2. The van der Waals surface area contributed by atoms with Gasteiger partial charge < -0.3 is 20.1 Å². The largest absolute Gasteiger partial charge is 0.508 e. The van der Waals surface area contributed by atoms with Crippen molar-refractivity contribution >= 4 is 46.6 Å². The smallest absolute Gasteiger partial charge is 0.336 e. The molecule has 3 N–H and O–H groups in total. The van der Waals surface area contributed by atoms with E-state index in [-0.39, 0.29) is 49.7 Å². The van der Waals surface area contributed by atoms with E-state index in [1.54, 1.807) is 42.5 Å². The van der Waals surface area contributed by atoms with Crippen LogP contribution in [0, 0.1) is 56.6 Å². The number of aromatic carboxylic acids is 1. The van der Waals surface area contributed by atoms with Gasteiger partial charge >= 0.3 is 17.3 Å². The van der Waals surface area contributed by atoms with Crippen molar-refractivity contribution in [2.45, 2.75) is 0 Å². The van der Waals surface area contributed by atoms with Gasteiger partial charge in [0.2, 0.25) is 0 Å². The summed E-state index contributed by atoms with van der Waals surface area (Å²) >= 11 is 0. The van der Waals surface area contributed by atoms with Crippen molar-refractivity contribution in [3.8, 4) is 23.0 Å². The van der Waals surface area contributed by atoms with Crippen LogP contribution < -0.4 is 15.2 Å². The van der Waals surface area contributed by atoms with Gasteiger partial charge in [-0.3, -0.25) is 50.6 Å². The SMILES string of the molecule is C=c1ccc2c(c1)Oc1cc(O)ccc1C=2c1ccccc1C(=O)O.O=[N+]([O-])c1[c-]ccc([N+](=O)[O-])c1.O=[N+]([O-])c1cc([N+](=O)[O-])c(O)c([N+](=O)[O-])c1.[Y]. The molecule has 0 saturated heterocycles. The molecule has 0 unspecified atom stereocenters. The number of carbonyl (C=O) groups is 1. The van der Waals surface area contributed by atoms with Crippen molar-refractivity contribution in [3.05, 3.63) is 175 Å². The Labute approximate surface area is 325 Å². The molecule has 5 aromatic rings. The zero-order valence-corrected chi connectivity index (χ0v) is 29.8. The number of hydrogen-bond acceptors (Lipinski definition) is 14. The number of ether oxygens (including phenoxy) is 1. The van der Waals surface area contributed by atoms with E-state index in [9.17, 15) is 65.6 Å². The monoisotopic (exact) mass is 815 g/mol. The molecule has 0 bridgehead atoms. The second-order valence-electron chi connectivity index (χ2n) is 10.4. The molecule has 0 saturated carbocycles. The van der Waals surface area contributed by atoms with Crippen molar-refractivity contribution in [1.82, 2.24) is 0 Å². The van der Waals surface area contributed by atoms with Crippen LogP contribution in [0.4, 0.5) is 28.4 Å². The van der Waals surface area contributed by atoms with Crippen LogP contribution in [-0.4, -0.2) is 45.9 Å². The molecule has 5 aromatic carbocycles. The topological polar surface area (TPSA) is 303 Å². The van der Waals surface area contributed by atoms with Gasteiger partial charge in [-0.1, -0.05) is 43.0 Å². The van der Waals surface area contributed by atoms with Gasteiger partial charge in [0.05, 0.1) is 32.5 Å². The van der Waals surface area contributed by atoms with Crippen LogP contribution in [0.3, 0.4) is 0 Å². The first-order valence-electron chi connectivity index (χ1n) is 14.3. The molecule has 21 heteroatoms. The van der Waals surface area contributed by atoms with E-state index in [4.69, 9.17) is 9.84 Å². The molecular formula is C33H20N5O15Y-. The molecule has 0 spiro atoms.